The molecule has 0 amide bonds. The van der Waals surface area contributed by atoms with Crippen molar-refractivity contribution in [1.82, 2.24) is 4.98 Å². The lowest BCUT2D eigenvalue weighted by Crippen LogP contribution is -2.04. The van der Waals surface area contributed by atoms with E-state index in [-0.39, 0.29) is 9.79 Å². The van der Waals surface area contributed by atoms with Gasteiger partial charge in [-0.05, 0) is 48.5 Å². The minimum atomic E-state index is -3.67. The molecule has 1 heterocycles. The highest BCUT2D eigenvalue weighted by molar-refractivity contribution is 7.91. The van der Waals surface area contributed by atoms with Crippen LogP contribution in [0.15, 0.2) is 64.5 Å². The summed E-state index contributed by atoms with van der Waals surface area (Å²) >= 11 is 0. The third kappa shape index (κ3) is 2.19. The van der Waals surface area contributed by atoms with Crippen molar-refractivity contribution >= 4 is 32.1 Å². The second-order valence-corrected chi connectivity index (χ2v) is 6.54. The molecule has 21 heavy (non-hydrogen) atoms. The smallest absolute Gasteiger partial charge is 0.208 e. The van der Waals surface area contributed by atoms with E-state index < -0.39 is 9.84 Å². The van der Waals surface area contributed by atoms with Gasteiger partial charge in [0.05, 0.1) is 15.3 Å². The van der Waals surface area contributed by atoms with Crippen LogP contribution >= 0.6 is 0 Å². The van der Waals surface area contributed by atoms with Gasteiger partial charge >= 0.3 is 0 Å². The number of hydrogen-bond acceptors (Lipinski definition) is 5. The lowest BCUT2D eigenvalue weighted by molar-refractivity contribution is 0.597. The van der Waals surface area contributed by atoms with Crippen molar-refractivity contribution in [3.05, 3.63) is 54.7 Å². The van der Waals surface area contributed by atoms with E-state index >= 15 is 0 Å². The lowest BCUT2D eigenvalue weighted by Gasteiger charge is -2.09. The Morgan fingerprint density at radius 1 is 0.905 bits per heavy atom. The van der Waals surface area contributed by atoms with Crippen LogP contribution in [0.3, 0.4) is 0 Å². The van der Waals surface area contributed by atoms with Gasteiger partial charge in [0.1, 0.15) is 0 Å². The van der Waals surface area contributed by atoms with Crippen molar-refractivity contribution in [1.29, 1.82) is 0 Å². The quantitative estimate of drug-likeness (QED) is 0.707. The zero-order valence-electron chi connectivity index (χ0n) is 11.0. The van der Waals surface area contributed by atoms with Gasteiger partial charge in [0, 0.05) is 23.0 Å². The van der Waals surface area contributed by atoms with Crippen LogP contribution in [0.1, 0.15) is 0 Å². The Labute approximate surface area is 122 Å². The number of benzene rings is 2. The van der Waals surface area contributed by atoms with E-state index in [1.54, 1.807) is 36.5 Å². The first-order chi connectivity index (χ1) is 10.00. The molecule has 3 aromatic rings. The molecule has 0 aliphatic rings. The van der Waals surface area contributed by atoms with Gasteiger partial charge in [-0.15, -0.1) is 0 Å². The van der Waals surface area contributed by atoms with Gasteiger partial charge in [-0.25, -0.2) is 8.42 Å². The van der Waals surface area contributed by atoms with E-state index in [1.807, 2.05) is 0 Å². The van der Waals surface area contributed by atoms with E-state index in [0.717, 1.165) is 0 Å². The molecule has 0 saturated carbocycles. The molecule has 1 aromatic heterocycles. The Hall–Kier alpha value is -2.60. The van der Waals surface area contributed by atoms with E-state index in [0.29, 0.717) is 22.3 Å². The van der Waals surface area contributed by atoms with Crippen molar-refractivity contribution in [2.75, 3.05) is 11.5 Å². The molecule has 106 valence electrons. The van der Waals surface area contributed by atoms with Crippen LogP contribution < -0.4 is 11.5 Å². The van der Waals surface area contributed by atoms with Gasteiger partial charge < -0.3 is 11.5 Å². The highest BCUT2D eigenvalue weighted by Gasteiger charge is 2.21. The Morgan fingerprint density at radius 2 is 1.62 bits per heavy atom. The van der Waals surface area contributed by atoms with Crippen molar-refractivity contribution in [2.24, 2.45) is 0 Å². The first-order valence-electron chi connectivity index (χ1n) is 6.24. The van der Waals surface area contributed by atoms with Gasteiger partial charge in [0.15, 0.2) is 0 Å². The second kappa shape index (κ2) is 4.75. The molecule has 5 nitrogen and oxygen atoms in total. The molecular formula is C15H13N3O2S. The number of nitrogen functional groups attached to an aromatic ring is 2. The third-order valence-electron chi connectivity index (χ3n) is 3.25. The summed E-state index contributed by atoms with van der Waals surface area (Å²) in [7, 11) is -3.67. The van der Waals surface area contributed by atoms with Crippen LogP contribution in [0.4, 0.5) is 11.4 Å². The van der Waals surface area contributed by atoms with Crippen LogP contribution in [0.2, 0.25) is 0 Å². The number of anilines is 2. The predicted molar refractivity (Wildman–Crippen MR) is 82.5 cm³/mol. The van der Waals surface area contributed by atoms with Crippen LogP contribution in [0.5, 0.6) is 0 Å². The Kier molecular flexibility index (Phi) is 3.03. The summed E-state index contributed by atoms with van der Waals surface area (Å²) in [5.41, 5.74) is 12.8. The number of pyridine rings is 1. The predicted octanol–water partition coefficient (Wildman–Crippen LogP) is 2.23. The standard InChI is InChI=1S/C15H13N3O2S/c16-10-3-5-11(6-4-10)21(19,20)14-8-7-13(17)12-2-1-9-18-15(12)14/h1-9H,16-17H2. The number of sulfone groups is 1. The fraction of sp³-hybridized carbons (Fsp3) is 0. The summed E-state index contributed by atoms with van der Waals surface area (Å²) in [6, 6.07) is 12.6. The highest BCUT2D eigenvalue weighted by atomic mass is 32.2. The Morgan fingerprint density at radius 3 is 2.33 bits per heavy atom. The number of fused-ring (bicyclic) bond motifs is 1. The molecule has 0 saturated heterocycles. The molecule has 0 bridgehead atoms. The van der Waals surface area contributed by atoms with Crippen molar-refractivity contribution in [3.63, 3.8) is 0 Å². The van der Waals surface area contributed by atoms with Gasteiger partial charge in [-0.3, -0.25) is 4.98 Å². The van der Waals surface area contributed by atoms with E-state index in [1.165, 1.54) is 18.2 Å². The van der Waals surface area contributed by atoms with Crippen LogP contribution in [-0.4, -0.2) is 13.4 Å². The monoisotopic (exact) mass is 299 g/mol. The maximum atomic E-state index is 12.7. The average molecular weight is 299 g/mol. The number of nitrogens with zero attached hydrogens (tertiary/aromatic N) is 1. The fourth-order valence-corrected chi connectivity index (χ4v) is 3.57. The third-order valence-corrected chi connectivity index (χ3v) is 5.05. The van der Waals surface area contributed by atoms with E-state index in [4.69, 9.17) is 11.5 Å². The second-order valence-electron chi connectivity index (χ2n) is 4.62. The Balaban J connectivity index is 2.29. The topological polar surface area (TPSA) is 99.1 Å². The van der Waals surface area contributed by atoms with Crippen LogP contribution in [0, 0.1) is 0 Å². The zero-order chi connectivity index (χ0) is 15.0. The molecule has 0 aliphatic carbocycles. The van der Waals surface area contributed by atoms with E-state index in [9.17, 15) is 8.42 Å². The van der Waals surface area contributed by atoms with Crippen LogP contribution in [0.25, 0.3) is 10.9 Å². The first-order valence-corrected chi connectivity index (χ1v) is 7.72. The summed E-state index contributed by atoms with van der Waals surface area (Å²) in [4.78, 5) is 4.48. The number of rotatable bonds is 2. The molecule has 0 unspecified atom stereocenters. The van der Waals surface area contributed by atoms with Crippen molar-refractivity contribution in [2.45, 2.75) is 9.79 Å². The molecule has 6 heteroatoms. The van der Waals surface area contributed by atoms with Crippen LogP contribution in [-0.2, 0) is 9.84 Å². The van der Waals surface area contributed by atoms with Gasteiger partial charge in [0.25, 0.3) is 0 Å². The summed E-state index contributed by atoms with van der Waals surface area (Å²) < 4.78 is 25.5. The largest absolute Gasteiger partial charge is 0.399 e. The minimum Gasteiger partial charge on any atom is -0.399 e. The number of hydrogen-bond donors (Lipinski definition) is 2. The molecule has 4 N–H and O–H groups in total. The van der Waals surface area contributed by atoms with Gasteiger partial charge in [-0.2, -0.15) is 0 Å². The number of nitrogens with two attached hydrogens (primary N) is 2. The molecule has 0 fully saturated rings. The zero-order valence-corrected chi connectivity index (χ0v) is 11.8. The normalized spacial score (nSPS) is 11.6. The Bertz CT molecular complexity index is 919. The SMILES string of the molecule is Nc1ccc(S(=O)(=O)c2ccc(N)c3cccnc23)cc1. The minimum absolute atomic E-state index is 0.136. The molecule has 0 aliphatic heterocycles. The molecule has 3 rings (SSSR count). The van der Waals surface area contributed by atoms with E-state index in [2.05, 4.69) is 4.98 Å². The maximum absolute atomic E-state index is 12.7. The summed E-state index contributed by atoms with van der Waals surface area (Å²) in [6.07, 6.45) is 1.55. The average Bonchev–Trinajstić information content (AvgIpc) is 2.48. The van der Waals surface area contributed by atoms with Gasteiger partial charge in [0.2, 0.25) is 9.84 Å². The lowest BCUT2D eigenvalue weighted by atomic mass is 10.2. The fourth-order valence-electron chi connectivity index (χ4n) is 2.16. The molecule has 2 aromatic carbocycles. The summed E-state index contributed by atoms with van der Waals surface area (Å²) in [5.74, 6) is 0. The van der Waals surface area contributed by atoms with Gasteiger partial charge in [-0.1, -0.05) is 0 Å². The molecular weight excluding hydrogens is 286 g/mol. The first kappa shape index (κ1) is 13.4. The maximum Gasteiger partial charge on any atom is 0.208 e. The summed E-state index contributed by atoms with van der Waals surface area (Å²) in [6.45, 7) is 0. The number of aromatic nitrogens is 1. The molecule has 0 atom stereocenters. The van der Waals surface area contributed by atoms with Crippen molar-refractivity contribution < 1.29 is 8.42 Å². The highest BCUT2D eigenvalue weighted by Crippen LogP contribution is 2.30. The molecule has 0 spiro atoms. The van der Waals surface area contributed by atoms with Crippen molar-refractivity contribution in [3.8, 4) is 0 Å². The molecule has 0 radical (unpaired) electrons. The summed E-state index contributed by atoms with van der Waals surface area (Å²) in [5, 5.41) is 0.619.